The molecule has 1 saturated carbocycles. The summed E-state index contributed by atoms with van der Waals surface area (Å²) in [4.78, 5) is 0.374. The molecule has 0 radical (unpaired) electrons. The second-order valence-electron chi connectivity index (χ2n) is 6.71. The lowest BCUT2D eigenvalue weighted by atomic mass is 9.84. The van der Waals surface area contributed by atoms with Crippen LogP contribution in [0, 0.1) is 12.8 Å². The summed E-state index contributed by atoms with van der Waals surface area (Å²) in [5, 5.41) is 0. The maximum absolute atomic E-state index is 12.5. The van der Waals surface area contributed by atoms with E-state index in [9.17, 15) is 8.42 Å². The Morgan fingerprint density at radius 3 is 2.39 bits per heavy atom. The lowest BCUT2D eigenvalue weighted by Crippen LogP contribution is -2.27. The molecule has 0 amide bonds. The first-order valence-corrected chi connectivity index (χ1v) is 10.0. The predicted molar refractivity (Wildman–Crippen MR) is 95.9 cm³/mol. The fraction of sp³-hybridized carbons (Fsp3) is 0.579. The topological polar surface area (TPSA) is 37.4 Å². The SMILES string of the molecule is C/C(=C\CCN(C)S(=O)(=O)c1ccc(C)cc1)C1CCCCC1. The molecule has 0 saturated heterocycles. The largest absolute Gasteiger partial charge is 0.242 e. The highest BCUT2D eigenvalue weighted by atomic mass is 32.2. The summed E-state index contributed by atoms with van der Waals surface area (Å²) in [5.74, 6) is 0.711. The number of hydrogen-bond acceptors (Lipinski definition) is 2. The van der Waals surface area contributed by atoms with Crippen LogP contribution in [0.4, 0.5) is 0 Å². The van der Waals surface area contributed by atoms with E-state index in [0.29, 0.717) is 17.4 Å². The molecule has 3 nitrogen and oxygen atoms in total. The third-order valence-corrected chi connectivity index (χ3v) is 6.76. The van der Waals surface area contributed by atoms with Crippen molar-refractivity contribution in [2.75, 3.05) is 13.6 Å². The Morgan fingerprint density at radius 2 is 1.78 bits per heavy atom. The smallest absolute Gasteiger partial charge is 0.207 e. The minimum absolute atomic E-state index is 0.374. The van der Waals surface area contributed by atoms with Crippen molar-refractivity contribution < 1.29 is 8.42 Å². The van der Waals surface area contributed by atoms with Gasteiger partial charge in [-0.2, -0.15) is 0 Å². The van der Waals surface area contributed by atoms with Gasteiger partial charge in [0.2, 0.25) is 10.0 Å². The zero-order valence-corrected chi connectivity index (χ0v) is 15.4. The zero-order chi connectivity index (χ0) is 16.9. The van der Waals surface area contributed by atoms with Gasteiger partial charge in [0.15, 0.2) is 0 Å². The van der Waals surface area contributed by atoms with Gasteiger partial charge in [0.25, 0.3) is 0 Å². The van der Waals surface area contributed by atoms with E-state index in [1.807, 2.05) is 19.1 Å². The Balaban J connectivity index is 1.93. The van der Waals surface area contributed by atoms with E-state index in [1.165, 1.54) is 42.0 Å². The summed E-state index contributed by atoms with van der Waals surface area (Å²) in [5.41, 5.74) is 2.50. The Labute approximate surface area is 141 Å². The van der Waals surface area contributed by atoms with Crippen molar-refractivity contribution in [1.29, 1.82) is 0 Å². The maximum atomic E-state index is 12.5. The van der Waals surface area contributed by atoms with Crippen LogP contribution in [0.2, 0.25) is 0 Å². The summed E-state index contributed by atoms with van der Waals surface area (Å²) in [7, 11) is -1.71. The van der Waals surface area contributed by atoms with Crippen LogP contribution in [-0.2, 0) is 10.0 Å². The van der Waals surface area contributed by atoms with Crippen molar-refractivity contribution >= 4 is 10.0 Å². The van der Waals surface area contributed by atoms with Gasteiger partial charge < -0.3 is 0 Å². The molecule has 4 heteroatoms. The van der Waals surface area contributed by atoms with Gasteiger partial charge in [-0.25, -0.2) is 12.7 Å². The molecule has 0 unspecified atom stereocenters. The fourth-order valence-corrected chi connectivity index (χ4v) is 4.39. The first-order valence-electron chi connectivity index (χ1n) is 8.61. The van der Waals surface area contributed by atoms with Crippen LogP contribution in [0.15, 0.2) is 40.8 Å². The highest BCUT2D eigenvalue weighted by Gasteiger charge is 2.20. The number of nitrogens with zero attached hydrogens (tertiary/aromatic N) is 1. The molecule has 0 atom stereocenters. The first-order chi connectivity index (χ1) is 10.9. The quantitative estimate of drug-likeness (QED) is 0.716. The second kappa shape index (κ2) is 8.11. The van der Waals surface area contributed by atoms with E-state index in [0.717, 1.165) is 12.0 Å². The van der Waals surface area contributed by atoms with Gasteiger partial charge in [0, 0.05) is 13.6 Å². The van der Waals surface area contributed by atoms with Crippen molar-refractivity contribution in [2.45, 2.75) is 57.3 Å². The first kappa shape index (κ1) is 18.2. The fourth-order valence-electron chi connectivity index (χ4n) is 3.21. The van der Waals surface area contributed by atoms with E-state index >= 15 is 0 Å². The highest BCUT2D eigenvalue weighted by molar-refractivity contribution is 7.89. The van der Waals surface area contributed by atoms with Crippen LogP contribution in [0.5, 0.6) is 0 Å². The summed E-state index contributed by atoms with van der Waals surface area (Å²) in [6.07, 6.45) is 9.62. The highest BCUT2D eigenvalue weighted by Crippen LogP contribution is 2.29. The number of benzene rings is 1. The van der Waals surface area contributed by atoms with Crippen LogP contribution >= 0.6 is 0 Å². The van der Waals surface area contributed by atoms with Gasteiger partial charge in [0.1, 0.15) is 0 Å². The molecule has 0 N–H and O–H groups in total. The molecule has 0 spiro atoms. The van der Waals surface area contributed by atoms with Gasteiger partial charge in [-0.15, -0.1) is 0 Å². The van der Waals surface area contributed by atoms with Crippen molar-refractivity contribution in [2.24, 2.45) is 5.92 Å². The molecule has 1 aliphatic rings. The molecule has 2 rings (SSSR count). The van der Waals surface area contributed by atoms with Crippen molar-refractivity contribution in [3.63, 3.8) is 0 Å². The predicted octanol–water partition coefficient (Wildman–Crippen LogP) is 4.53. The number of aryl methyl sites for hydroxylation is 1. The third kappa shape index (κ3) is 4.92. The van der Waals surface area contributed by atoms with E-state index in [1.54, 1.807) is 19.2 Å². The second-order valence-corrected chi connectivity index (χ2v) is 8.76. The summed E-state index contributed by atoms with van der Waals surface area (Å²) in [6, 6.07) is 7.05. The summed E-state index contributed by atoms with van der Waals surface area (Å²) in [6.45, 7) is 4.68. The Bertz CT molecular complexity index is 626. The molecule has 1 aromatic carbocycles. The van der Waals surface area contributed by atoms with E-state index < -0.39 is 10.0 Å². The Morgan fingerprint density at radius 1 is 1.17 bits per heavy atom. The van der Waals surface area contributed by atoms with Crippen molar-refractivity contribution in [3.8, 4) is 0 Å². The van der Waals surface area contributed by atoms with Crippen molar-refractivity contribution in [3.05, 3.63) is 41.5 Å². The molecule has 1 fully saturated rings. The van der Waals surface area contributed by atoms with E-state index in [-0.39, 0.29) is 0 Å². The number of sulfonamides is 1. The van der Waals surface area contributed by atoms with Gasteiger partial charge in [-0.05, 0) is 51.2 Å². The average molecular weight is 336 g/mol. The average Bonchev–Trinajstić information content (AvgIpc) is 2.55. The number of allylic oxidation sites excluding steroid dienone is 1. The lowest BCUT2D eigenvalue weighted by Gasteiger charge is -2.23. The van der Waals surface area contributed by atoms with Crippen LogP contribution in [0.3, 0.4) is 0 Å². The van der Waals surface area contributed by atoms with Gasteiger partial charge in [-0.1, -0.05) is 48.6 Å². The molecular weight excluding hydrogens is 306 g/mol. The Hall–Kier alpha value is -1.13. The lowest BCUT2D eigenvalue weighted by molar-refractivity contribution is 0.401. The third-order valence-electron chi connectivity index (χ3n) is 4.89. The normalized spacial score (nSPS) is 17.7. The molecular formula is C19H29NO2S. The molecule has 23 heavy (non-hydrogen) atoms. The van der Waals surface area contributed by atoms with Crippen LogP contribution < -0.4 is 0 Å². The molecule has 1 aliphatic carbocycles. The minimum Gasteiger partial charge on any atom is -0.207 e. The van der Waals surface area contributed by atoms with Crippen LogP contribution in [0.1, 0.15) is 51.0 Å². The van der Waals surface area contributed by atoms with E-state index in [2.05, 4.69) is 13.0 Å². The number of hydrogen-bond donors (Lipinski definition) is 0. The molecule has 1 aromatic rings. The van der Waals surface area contributed by atoms with Crippen LogP contribution in [0.25, 0.3) is 0 Å². The molecule has 0 heterocycles. The monoisotopic (exact) mass is 335 g/mol. The van der Waals surface area contributed by atoms with Gasteiger partial charge >= 0.3 is 0 Å². The zero-order valence-electron chi connectivity index (χ0n) is 14.6. The molecule has 128 valence electrons. The maximum Gasteiger partial charge on any atom is 0.242 e. The van der Waals surface area contributed by atoms with Gasteiger partial charge in [-0.3, -0.25) is 0 Å². The summed E-state index contributed by atoms with van der Waals surface area (Å²) >= 11 is 0. The van der Waals surface area contributed by atoms with Gasteiger partial charge in [0.05, 0.1) is 4.90 Å². The van der Waals surface area contributed by atoms with E-state index in [4.69, 9.17) is 0 Å². The van der Waals surface area contributed by atoms with Crippen molar-refractivity contribution in [1.82, 2.24) is 4.31 Å². The standard InChI is InChI=1S/C19H29NO2S/c1-16-11-13-19(14-12-16)23(21,22)20(3)15-7-8-17(2)18-9-5-4-6-10-18/h8,11-14,18H,4-7,9-10,15H2,1-3H3/b17-8+. The summed E-state index contributed by atoms with van der Waals surface area (Å²) < 4.78 is 26.5. The molecule has 0 aliphatic heterocycles. The minimum atomic E-state index is -3.37. The number of rotatable bonds is 6. The van der Waals surface area contributed by atoms with Crippen LogP contribution in [-0.4, -0.2) is 26.3 Å². The molecule has 0 aromatic heterocycles. The Kier molecular flexibility index (Phi) is 6.42. The molecule has 0 bridgehead atoms.